The molecule has 1 aromatic carbocycles. The van der Waals surface area contributed by atoms with Crippen LogP contribution in [-0.2, 0) is 11.2 Å². The number of rotatable bonds is 6. The molecule has 1 aromatic rings. The van der Waals surface area contributed by atoms with Gasteiger partial charge in [0.1, 0.15) is 5.82 Å². The third-order valence-corrected chi connectivity index (χ3v) is 4.28. The van der Waals surface area contributed by atoms with Gasteiger partial charge in [-0.3, -0.25) is 4.79 Å². The van der Waals surface area contributed by atoms with E-state index in [-0.39, 0.29) is 18.1 Å². The molecule has 1 saturated carbocycles. The van der Waals surface area contributed by atoms with E-state index < -0.39 is 6.10 Å². The Morgan fingerprint density at radius 3 is 2.71 bits per heavy atom. The van der Waals surface area contributed by atoms with Crippen molar-refractivity contribution in [2.45, 2.75) is 51.0 Å². The summed E-state index contributed by atoms with van der Waals surface area (Å²) in [6.45, 7) is 0.306. The Morgan fingerprint density at radius 2 is 2.00 bits per heavy atom. The van der Waals surface area contributed by atoms with Crippen LogP contribution in [0, 0.1) is 11.7 Å². The van der Waals surface area contributed by atoms with E-state index in [0.717, 1.165) is 12.8 Å². The molecule has 1 aliphatic rings. The van der Waals surface area contributed by atoms with Crippen molar-refractivity contribution < 1.29 is 14.3 Å². The van der Waals surface area contributed by atoms with Crippen LogP contribution in [-0.4, -0.2) is 23.7 Å². The molecular weight excluding hydrogens is 269 g/mol. The van der Waals surface area contributed by atoms with Crippen LogP contribution in [0.3, 0.4) is 0 Å². The minimum atomic E-state index is -0.456. The smallest absolute Gasteiger partial charge is 0.220 e. The Morgan fingerprint density at radius 1 is 1.29 bits per heavy atom. The number of amides is 1. The zero-order valence-electron chi connectivity index (χ0n) is 12.4. The number of hydrogen-bond donors (Lipinski definition) is 2. The largest absolute Gasteiger partial charge is 0.391 e. The minimum Gasteiger partial charge on any atom is -0.391 e. The molecule has 0 aromatic heterocycles. The maximum atomic E-state index is 13.4. The van der Waals surface area contributed by atoms with Crippen LogP contribution in [0.25, 0.3) is 0 Å². The van der Waals surface area contributed by atoms with E-state index in [9.17, 15) is 14.3 Å². The summed E-state index contributed by atoms with van der Waals surface area (Å²) in [5, 5.41) is 12.8. The molecule has 0 heterocycles. The topological polar surface area (TPSA) is 49.3 Å². The van der Waals surface area contributed by atoms with Gasteiger partial charge in [-0.15, -0.1) is 0 Å². The minimum absolute atomic E-state index is 0.131. The zero-order chi connectivity index (χ0) is 15.1. The first-order chi connectivity index (χ1) is 10.2. The molecule has 4 heteroatoms. The van der Waals surface area contributed by atoms with Crippen molar-refractivity contribution >= 4 is 5.91 Å². The van der Waals surface area contributed by atoms with Crippen molar-refractivity contribution in [1.82, 2.24) is 5.32 Å². The molecule has 1 amide bonds. The number of carbonyl (C=O) groups is 1. The van der Waals surface area contributed by atoms with Crippen LogP contribution in [0.15, 0.2) is 24.3 Å². The van der Waals surface area contributed by atoms with Gasteiger partial charge in [0, 0.05) is 13.0 Å². The summed E-state index contributed by atoms with van der Waals surface area (Å²) in [5.74, 6) is -0.0914. The summed E-state index contributed by atoms with van der Waals surface area (Å²) in [6.07, 6.45) is 5.86. The van der Waals surface area contributed by atoms with Crippen molar-refractivity contribution in [1.29, 1.82) is 0 Å². The van der Waals surface area contributed by atoms with Crippen molar-refractivity contribution in [3.05, 3.63) is 35.6 Å². The van der Waals surface area contributed by atoms with E-state index in [4.69, 9.17) is 0 Å². The standard InChI is InChI=1S/C17H24FNO2/c18-15-9-5-4-6-13(15)10-11-17(21)19-12-16(20)14-7-2-1-3-8-14/h4-6,9,14,16,20H,1-3,7-8,10-12H2,(H,19,21)/t16-/m1/s1. The van der Waals surface area contributed by atoms with Crippen molar-refractivity contribution in [2.24, 2.45) is 5.92 Å². The van der Waals surface area contributed by atoms with Gasteiger partial charge in [0.25, 0.3) is 0 Å². The average molecular weight is 293 g/mol. The second kappa shape index (κ2) is 8.13. The normalized spacial score (nSPS) is 17.4. The predicted octanol–water partition coefficient (Wildman–Crippen LogP) is 2.82. The summed E-state index contributed by atoms with van der Waals surface area (Å²) >= 11 is 0. The van der Waals surface area contributed by atoms with E-state index in [1.807, 2.05) is 0 Å². The van der Waals surface area contributed by atoms with Crippen LogP contribution in [0.1, 0.15) is 44.1 Å². The Hall–Kier alpha value is -1.42. The van der Waals surface area contributed by atoms with Gasteiger partial charge < -0.3 is 10.4 Å². The molecule has 2 rings (SSSR count). The lowest BCUT2D eigenvalue weighted by Gasteiger charge is -2.26. The fourth-order valence-corrected chi connectivity index (χ4v) is 2.94. The Kier molecular flexibility index (Phi) is 6.18. The highest BCUT2D eigenvalue weighted by Crippen LogP contribution is 2.26. The average Bonchev–Trinajstić information content (AvgIpc) is 2.52. The number of aliphatic hydroxyl groups is 1. The van der Waals surface area contributed by atoms with Gasteiger partial charge in [-0.1, -0.05) is 37.5 Å². The monoisotopic (exact) mass is 293 g/mol. The molecule has 21 heavy (non-hydrogen) atoms. The first-order valence-electron chi connectivity index (χ1n) is 7.85. The van der Waals surface area contributed by atoms with Crippen molar-refractivity contribution in [2.75, 3.05) is 6.54 Å². The quantitative estimate of drug-likeness (QED) is 0.847. The van der Waals surface area contributed by atoms with Gasteiger partial charge in [-0.05, 0) is 36.8 Å². The number of aliphatic hydroxyl groups excluding tert-OH is 1. The third kappa shape index (κ3) is 5.12. The Balaban J connectivity index is 1.68. The molecule has 0 bridgehead atoms. The van der Waals surface area contributed by atoms with Gasteiger partial charge >= 0.3 is 0 Å². The number of hydrogen-bond acceptors (Lipinski definition) is 2. The second-order valence-electron chi connectivity index (χ2n) is 5.86. The van der Waals surface area contributed by atoms with E-state index in [0.29, 0.717) is 24.4 Å². The molecule has 0 radical (unpaired) electrons. The van der Waals surface area contributed by atoms with Crippen LogP contribution in [0.5, 0.6) is 0 Å². The maximum absolute atomic E-state index is 13.4. The number of nitrogens with one attached hydrogen (secondary N) is 1. The second-order valence-corrected chi connectivity index (χ2v) is 5.86. The van der Waals surface area contributed by atoms with Crippen LogP contribution in [0.4, 0.5) is 4.39 Å². The van der Waals surface area contributed by atoms with E-state index in [2.05, 4.69) is 5.32 Å². The molecular formula is C17H24FNO2. The maximum Gasteiger partial charge on any atom is 0.220 e. The first kappa shape index (κ1) is 16.0. The number of carbonyl (C=O) groups excluding carboxylic acids is 1. The molecule has 3 nitrogen and oxygen atoms in total. The van der Waals surface area contributed by atoms with Crippen molar-refractivity contribution in [3.8, 4) is 0 Å². The fraction of sp³-hybridized carbons (Fsp3) is 0.588. The summed E-state index contributed by atoms with van der Waals surface area (Å²) in [5.41, 5.74) is 0.556. The molecule has 0 spiro atoms. The van der Waals surface area contributed by atoms with Gasteiger partial charge in [0.05, 0.1) is 6.10 Å². The molecule has 116 valence electrons. The zero-order valence-corrected chi connectivity index (χ0v) is 12.4. The Bertz CT molecular complexity index is 458. The van der Waals surface area contributed by atoms with Gasteiger partial charge in [0.2, 0.25) is 5.91 Å². The molecule has 1 atom stereocenters. The highest BCUT2D eigenvalue weighted by Gasteiger charge is 2.21. The lowest BCUT2D eigenvalue weighted by Crippen LogP contribution is -2.37. The number of halogens is 1. The number of benzene rings is 1. The molecule has 1 aliphatic carbocycles. The van der Waals surface area contributed by atoms with Crippen LogP contribution >= 0.6 is 0 Å². The van der Waals surface area contributed by atoms with E-state index in [1.165, 1.54) is 25.3 Å². The third-order valence-electron chi connectivity index (χ3n) is 4.28. The van der Waals surface area contributed by atoms with Crippen molar-refractivity contribution in [3.63, 3.8) is 0 Å². The molecule has 1 fully saturated rings. The lowest BCUT2D eigenvalue weighted by atomic mass is 9.85. The lowest BCUT2D eigenvalue weighted by molar-refractivity contribution is -0.121. The van der Waals surface area contributed by atoms with Gasteiger partial charge in [-0.25, -0.2) is 4.39 Å². The predicted molar refractivity (Wildman–Crippen MR) is 80.3 cm³/mol. The first-order valence-corrected chi connectivity index (χ1v) is 7.85. The molecule has 0 saturated heterocycles. The van der Waals surface area contributed by atoms with Crippen LogP contribution in [0.2, 0.25) is 0 Å². The summed E-state index contributed by atoms with van der Waals surface area (Å²) in [7, 11) is 0. The molecule has 0 unspecified atom stereocenters. The highest BCUT2D eigenvalue weighted by molar-refractivity contribution is 5.76. The molecule has 2 N–H and O–H groups in total. The summed E-state index contributed by atoms with van der Waals surface area (Å²) in [4.78, 5) is 11.8. The van der Waals surface area contributed by atoms with Gasteiger partial charge in [0.15, 0.2) is 0 Å². The number of aryl methyl sites for hydroxylation is 1. The fourth-order valence-electron chi connectivity index (χ4n) is 2.94. The SMILES string of the molecule is O=C(CCc1ccccc1F)NC[C@@H](O)C1CCCCC1. The molecule has 0 aliphatic heterocycles. The van der Waals surface area contributed by atoms with Gasteiger partial charge in [-0.2, -0.15) is 0 Å². The van der Waals surface area contributed by atoms with E-state index >= 15 is 0 Å². The Labute approximate surface area is 125 Å². The van der Waals surface area contributed by atoms with Crippen LogP contribution < -0.4 is 5.32 Å². The highest BCUT2D eigenvalue weighted by atomic mass is 19.1. The van der Waals surface area contributed by atoms with E-state index in [1.54, 1.807) is 18.2 Å². The summed E-state index contributed by atoms with van der Waals surface area (Å²) in [6, 6.07) is 6.50. The summed E-state index contributed by atoms with van der Waals surface area (Å²) < 4.78 is 13.4.